The van der Waals surface area contributed by atoms with Crippen LogP contribution in [0.5, 0.6) is 11.5 Å². The summed E-state index contributed by atoms with van der Waals surface area (Å²) in [5.41, 5.74) is 1.55. The van der Waals surface area contributed by atoms with Gasteiger partial charge < -0.3 is 19.5 Å². The molecule has 0 spiro atoms. The molecule has 0 aliphatic rings. The predicted octanol–water partition coefficient (Wildman–Crippen LogP) is 4.88. The lowest BCUT2D eigenvalue weighted by Crippen LogP contribution is -2.16. The van der Waals surface area contributed by atoms with Gasteiger partial charge in [-0.2, -0.15) is 5.26 Å². The summed E-state index contributed by atoms with van der Waals surface area (Å²) in [7, 11) is 1.54. The molecule has 2 aromatic rings. The third-order valence-electron chi connectivity index (χ3n) is 4.32. The van der Waals surface area contributed by atoms with Gasteiger partial charge in [-0.15, -0.1) is 11.3 Å². The summed E-state index contributed by atoms with van der Waals surface area (Å²) >= 11 is 1.27. The molecule has 31 heavy (non-hydrogen) atoms. The lowest BCUT2D eigenvalue weighted by Gasteiger charge is -2.14. The SMILES string of the molecule is CCOC(=O)c1c(NC(=O)/C(C#N)=C/c2ccc(OC)c(OC(C)C)c2)sc(C)c1C. The quantitative estimate of drug-likeness (QED) is 0.355. The number of nitriles is 1. The smallest absolute Gasteiger partial charge is 0.341 e. The van der Waals surface area contributed by atoms with E-state index < -0.39 is 11.9 Å². The van der Waals surface area contributed by atoms with Crippen molar-refractivity contribution in [3.8, 4) is 17.6 Å². The Morgan fingerprint density at radius 1 is 1.26 bits per heavy atom. The number of benzene rings is 1. The highest BCUT2D eigenvalue weighted by molar-refractivity contribution is 7.16. The maximum atomic E-state index is 12.8. The van der Waals surface area contributed by atoms with Gasteiger partial charge in [-0.05, 0) is 64.0 Å². The van der Waals surface area contributed by atoms with E-state index in [9.17, 15) is 14.9 Å². The maximum absolute atomic E-state index is 12.8. The average Bonchev–Trinajstić information content (AvgIpc) is 2.99. The second kappa shape index (κ2) is 10.6. The van der Waals surface area contributed by atoms with Crippen LogP contribution in [0.1, 0.15) is 47.1 Å². The number of rotatable bonds is 8. The summed E-state index contributed by atoms with van der Waals surface area (Å²) in [6.45, 7) is 9.37. The molecule has 0 aliphatic heterocycles. The van der Waals surface area contributed by atoms with Crippen molar-refractivity contribution in [3.63, 3.8) is 0 Å². The molecule has 0 saturated heterocycles. The number of carbonyl (C=O) groups excluding carboxylic acids is 2. The molecule has 8 heteroatoms. The van der Waals surface area contributed by atoms with E-state index >= 15 is 0 Å². The number of methoxy groups -OCH3 is 1. The number of nitrogens with zero attached hydrogens (tertiary/aromatic N) is 1. The maximum Gasteiger partial charge on any atom is 0.341 e. The van der Waals surface area contributed by atoms with Gasteiger partial charge in [0.1, 0.15) is 16.6 Å². The van der Waals surface area contributed by atoms with Crippen LogP contribution in [0.15, 0.2) is 23.8 Å². The summed E-state index contributed by atoms with van der Waals surface area (Å²) in [4.78, 5) is 26.0. The molecule has 0 fully saturated rings. The highest BCUT2D eigenvalue weighted by Crippen LogP contribution is 2.34. The fourth-order valence-electron chi connectivity index (χ4n) is 2.78. The molecular weight excluding hydrogens is 416 g/mol. The highest BCUT2D eigenvalue weighted by Gasteiger charge is 2.23. The van der Waals surface area contributed by atoms with Crippen LogP contribution in [-0.2, 0) is 9.53 Å². The van der Waals surface area contributed by atoms with Crippen molar-refractivity contribution in [3.05, 3.63) is 45.3 Å². The van der Waals surface area contributed by atoms with Gasteiger partial charge in [-0.1, -0.05) is 6.07 Å². The second-order valence-electron chi connectivity index (χ2n) is 6.91. The number of ether oxygens (including phenoxy) is 3. The number of esters is 1. The van der Waals surface area contributed by atoms with E-state index in [-0.39, 0.29) is 18.3 Å². The molecule has 1 N–H and O–H groups in total. The van der Waals surface area contributed by atoms with E-state index in [1.165, 1.54) is 17.4 Å². The molecule has 0 bridgehead atoms. The van der Waals surface area contributed by atoms with Gasteiger partial charge in [0.25, 0.3) is 5.91 Å². The lowest BCUT2D eigenvalue weighted by atomic mass is 10.1. The first-order valence-electron chi connectivity index (χ1n) is 9.76. The second-order valence-corrected chi connectivity index (χ2v) is 8.13. The number of anilines is 1. The van der Waals surface area contributed by atoms with Crippen LogP contribution in [-0.4, -0.2) is 31.7 Å². The molecule has 1 aromatic carbocycles. The molecule has 0 radical (unpaired) electrons. The molecule has 0 saturated carbocycles. The predicted molar refractivity (Wildman–Crippen MR) is 121 cm³/mol. The van der Waals surface area contributed by atoms with Gasteiger partial charge in [0.2, 0.25) is 0 Å². The molecule has 164 valence electrons. The third-order valence-corrected chi connectivity index (χ3v) is 5.44. The Morgan fingerprint density at radius 3 is 2.55 bits per heavy atom. The Kier molecular flexibility index (Phi) is 8.22. The van der Waals surface area contributed by atoms with Crippen molar-refractivity contribution in [2.75, 3.05) is 19.0 Å². The summed E-state index contributed by atoms with van der Waals surface area (Å²) in [6, 6.07) is 7.05. The van der Waals surface area contributed by atoms with Crippen molar-refractivity contribution < 1.29 is 23.8 Å². The minimum atomic E-state index is -0.614. The average molecular weight is 443 g/mol. The Hall–Kier alpha value is -3.31. The Labute approximate surface area is 186 Å². The monoisotopic (exact) mass is 442 g/mol. The topological polar surface area (TPSA) is 97.7 Å². The zero-order chi connectivity index (χ0) is 23.1. The van der Waals surface area contributed by atoms with Crippen LogP contribution in [0.2, 0.25) is 0 Å². The van der Waals surface area contributed by atoms with Gasteiger partial charge in [0.05, 0.1) is 25.4 Å². The van der Waals surface area contributed by atoms with Crippen LogP contribution >= 0.6 is 11.3 Å². The molecule has 0 aliphatic carbocycles. The van der Waals surface area contributed by atoms with E-state index in [0.29, 0.717) is 27.6 Å². The number of aryl methyl sites for hydroxylation is 1. The van der Waals surface area contributed by atoms with Crippen molar-refractivity contribution in [1.29, 1.82) is 5.26 Å². The van der Waals surface area contributed by atoms with Crippen LogP contribution < -0.4 is 14.8 Å². The minimum absolute atomic E-state index is 0.0709. The molecule has 7 nitrogen and oxygen atoms in total. The van der Waals surface area contributed by atoms with Crippen LogP contribution in [0.4, 0.5) is 5.00 Å². The molecular formula is C23H26N2O5S. The number of nitrogens with one attached hydrogen (secondary N) is 1. The zero-order valence-electron chi connectivity index (χ0n) is 18.5. The number of carbonyl (C=O) groups is 2. The largest absolute Gasteiger partial charge is 0.493 e. The number of hydrogen-bond donors (Lipinski definition) is 1. The van der Waals surface area contributed by atoms with E-state index in [0.717, 1.165) is 10.4 Å². The van der Waals surface area contributed by atoms with Crippen molar-refractivity contribution >= 4 is 34.3 Å². The zero-order valence-corrected chi connectivity index (χ0v) is 19.3. The molecule has 1 heterocycles. The van der Waals surface area contributed by atoms with Crippen molar-refractivity contribution in [2.45, 2.75) is 40.7 Å². The number of thiophene rings is 1. The molecule has 0 unspecified atom stereocenters. The van der Waals surface area contributed by atoms with Gasteiger partial charge in [-0.3, -0.25) is 4.79 Å². The first-order valence-corrected chi connectivity index (χ1v) is 10.6. The first-order chi connectivity index (χ1) is 14.7. The summed E-state index contributed by atoms with van der Waals surface area (Å²) in [5, 5.41) is 12.6. The first kappa shape index (κ1) is 24.0. The standard InChI is InChI=1S/C23H26N2O5S/c1-7-29-23(27)20-14(4)15(5)31-22(20)25-21(26)17(12-24)10-16-8-9-18(28-6)19(11-16)30-13(2)3/h8-11,13H,7H2,1-6H3,(H,25,26)/b17-10+. The fourth-order valence-corrected chi connectivity index (χ4v) is 3.82. The molecule has 1 aromatic heterocycles. The van der Waals surface area contributed by atoms with Crippen LogP contribution in [0.25, 0.3) is 6.08 Å². The number of hydrogen-bond acceptors (Lipinski definition) is 7. The van der Waals surface area contributed by atoms with Gasteiger partial charge in [0.15, 0.2) is 11.5 Å². The number of amides is 1. The normalized spacial score (nSPS) is 11.1. The summed E-state index contributed by atoms with van der Waals surface area (Å²) in [6.07, 6.45) is 1.39. The lowest BCUT2D eigenvalue weighted by molar-refractivity contribution is -0.112. The van der Waals surface area contributed by atoms with Crippen LogP contribution in [0, 0.1) is 25.2 Å². The Morgan fingerprint density at radius 2 is 1.97 bits per heavy atom. The van der Waals surface area contributed by atoms with E-state index in [2.05, 4.69) is 5.32 Å². The Bertz CT molecular complexity index is 1050. The fraction of sp³-hybridized carbons (Fsp3) is 0.348. The highest BCUT2D eigenvalue weighted by atomic mass is 32.1. The van der Waals surface area contributed by atoms with E-state index in [4.69, 9.17) is 14.2 Å². The van der Waals surface area contributed by atoms with E-state index in [1.54, 1.807) is 39.2 Å². The minimum Gasteiger partial charge on any atom is -0.493 e. The third kappa shape index (κ3) is 5.86. The Balaban J connectivity index is 2.35. The van der Waals surface area contributed by atoms with Crippen molar-refractivity contribution in [1.82, 2.24) is 0 Å². The van der Waals surface area contributed by atoms with E-state index in [1.807, 2.05) is 26.8 Å². The molecule has 2 rings (SSSR count). The molecule has 1 amide bonds. The summed E-state index contributed by atoms with van der Waals surface area (Å²) < 4.78 is 16.1. The van der Waals surface area contributed by atoms with Gasteiger partial charge in [-0.25, -0.2) is 4.79 Å². The van der Waals surface area contributed by atoms with Gasteiger partial charge in [0, 0.05) is 4.88 Å². The van der Waals surface area contributed by atoms with Crippen LogP contribution in [0.3, 0.4) is 0 Å². The molecule has 0 atom stereocenters. The van der Waals surface area contributed by atoms with Gasteiger partial charge >= 0.3 is 5.97 Å². The van der Waals surface area contributed by atoms with Crippen molar-refractivity contribution in [2.24, 2.45) is 0 Å². The summed E-state index contributed by atoms with van der Waals surface area (Å²) in [5.74, 6) is -0.0558.